The standard InChI is InChI=1S/C11H12FNO3S/c12-7-5-9(11(14)15)10(13-6-7)17-8-1-3-16-4-2-8/h5-6,8H,1-4H2,(H,14,15). The molecule has 4 nitrogen and oxygen atoms in total. The van der Waals surface area contributed by atoms with E-state index in [0.29, 0.717) is 23.5 Å². The molecule has 6 heteroatoms. The lowest BCUT2D eigenvalue weighted by atomic mass is 10.2. The highest BCUT2D eigenvalue weighted by Gasteiger charge is 2.20. The molecule has 1 N–H and O–H groups in total. The van der Waals surface area contributed by atoms with E-state index in [1.807, 2.05) is 0 Å². The van der Waals surface area contributed by atoms with Gasteiger partial charge in [-0.2, -0.15) is 0 Å². The molecule has 0 aliphatic carbocycles. The number of aromatic nitrogens is 1. The van der Waals surface area contributed by atoms with Gasteiger partial charge in [0.15, 0.2) is 0 Å². The third kappa shape index (κ3) is 3.17. The first-order valence-corrected chi connectivity index (χ1v) is 6.18. The number of hydrogen-bond acceptors (Lipinski definition) is 4. The van der Waals surface area contributed by atoms with Crippen LogP contribution in [0.25, 0.3) is 0 Å². The normalized spacial score (nSPS) is 17.0. The Morgan fingerprint density at radius 1 is 1.53 bits per heavy atom. The van der Waals surface area contributed by atoms with Crippen LogP contribution in [0.3, 0.4) is 0 Å². The molecule has 0 amide bonds. The SMILES string of the molecule is O=C(O)c1cc(F)cnc1SC1CCOCC1. The van der Waals surface area contributed by atoms with Crippen molar-refractivity contribution in [2.45, 2.75) is 23.1 Å². The molecule has 0 saturated carbocycles. The number of carboxylic acid groups (broad SMARTS) is 1. The number of carboxylic acids is 1. The smallest absolute Gasteiger partial charge is 0.338 e. The summed E-state index contributed by atoms with van der Waals surface area (Å²) in [6.45, 7) is 1.36. The second-order valence-corrected chi connectivity index (χ2v) is 5.03. The first-order chi connectivity index (χ1) is 8.16. The van der Waals surface area contributed by atoms with Crippen LogP contribution in [-0.4, -0.2) is 34.5 Å². The third-order valence-corrected chi connectivity index (χ3v) is 3.85. The van der Waals surface area contributed by atoms with E-state index in [1.54, 1.807) is 0 Å². The van der Waals surface area contributed by atoms with Gasteiger partial charge in [0.1, 0.15) is 10.8 Å². The second-order valence-electron chi connectivity index (χ2n) is 3.74. The average molecular weight is 257 g/mol. The number of hydrogen-bond donors (Lipinski definition) is 1. The van der Waals surface area contributed by atoms with Crippen molar-refractivity contribution in [3.05, 3.63) is 23.6 Å². The summed E-state index contributed by atoms with van der Waals surface area (Å²) in [6, 6.07) is 1.01. The Morgan fingerprint density at radius 2 is 2.24 bits per heavy atom. The Balaban J connectivity index is 2.16. The van der Waals surface area contributed by atoms with Crippen LogP contribution in [0, 0.1) is 5.82 Å². The molecule has 2 heterocycles. The summed E-state index contributed by atoms with van der Waals surface area (Å²) in [5.41, 5.74) is -0.0681. The molecular formula is C11H12FNO3S. The number of halogens is 1. The van der Waals surface area contributed by atoms with E-state index in [0.717, 1.165) is 25.1 Å². The number of thioether (sulfide) groups is 1. The van der Waals surface area contributed by atoms with Crippen molar-refractivity contribution in [3.63, 3.8) is 0 Å². The first-order valence-electron chi connectivity index (χ1n) is 5.30. The van der Waals surface area contributed by atoms with Crippen molar-refractivity contribution >= 4 is 17.7 Å². The Bertz CT molecular complexity index is 421. The molecule has 92 valence electrons. The molecule has 1 saturated heterocycles. The summed E-state index contributed by atoms with van der Waals surface area (Å²) in [5, 5.41) is 9.65. The highest BCUT2D eigenvalue weighted by molar-refractivity contribution is 7.99. The van der Waals surface area contributed by atoms with Gasteiger partial charge in [0.05, 0.1) is 11.8 Å². The maximum Gasteiger partial charge on any atom is 0.338 e. The van der Waals surface area contributed by atoms with Gasteiger partial charge in [0, 0.05) is 18.5 Å². The number of pyridine rings is 1. The van der Waals surface area contributed by atoms with Gasteiger partial charge in [-0.25, -0.2) is 14.2 Å². The maximum absolute atomic E-state index is 12.9. The second kappa shape index (κ2) is 5.46. The van der Waals surface area contributed by atoms with Crippen LogP contribution in [-0.2, 0) is 4.74 Å². The monoisotopic (exact) mass is 257 g/mol. The topological polar surface area (TPSA) is 59.4 Å². The van der Waals surface area contributed by atoms with E-state index in [4.69, 9.17) is 9.84 Å². The van der Waals surface area contributed by atoms with Gasteiger partial charge < -0.3 is 9.84 Å². The minimum Gasteiger partial charge on any atom is -0.478 e. The van der Waals surface area contributed by atoms with Gasteiger partial charge in [-0.1, -0.05) is 0 Å². The quantitative estimate of drug-likeness (QED) is 0.899. The molecular weight excluding hydrogens is 245 g/mol. The van der Waals surface area contributed by atoms with E-state index in [-0.39, 0.29) is 5.56 Å². The first kappa shape index (κ1) is 12.3. The van der Waals surface area contributed by atoms with Crippen molar-refractivity contribution in [2.24, 2.45) is 0 Å². The molecule has 0 bridgehead atoms. The molecule has 0 unspecified atom stereocenters. The Morgan fingerprint density at radius 3 is 2.88 bits per heavy atom. The van der Waals surface area contributed by atoms with Crippen molar-refractivity contribution in [1.29, 1.82) is 0 Å². The number of rotatable bonds is 3. The predicted molar refractivity (Wildman–Crippen MR) is 60.9 cm³/mol. The van der Waals surface area contributed by atoms with E-state index in [2.05, 4.69) is 4.98 Å². The van der Waals surface area contributed by atoms with Gasteiger partial charge in [-0.05, 0) is 18.9 Å². The van der Waals surface area contributed by atoms with Crippen LogP contribution in [0.1, 0.15) is 23.2 Å². The van der Waals surface area contributed by atoms with E-state index in [9.17, 15) is 9.18 Å². The largest absolute Gasteiger partial charge is 0.478 e. The number of aromatic carboxylic acids is 1. The zero-order valence-electron chi connectivity index (χ0n) is 9.06. The predicted octanol–water partition coefficient (Wildman–Crippen LogP) is 2.19. The lowest BCUT2D eigenvalue weighted by Gasteiger charge is -2.21. The van der Waals surface area contributed by atoms with E-state index < -0.39 is 11.8 Å². The third-order valence-electron chi connectivity index (χ3n) is 2.49. The highest BCUT2D eigenvalue weighted by atomic mass is 32.2. The molecule has 0 spiro atoms. The molecule has 2 rings (SSSR count). The Kier molecular flexibility index (Phi) is 3.96. The Hall–Kier alpha value is -1.14. The number of nitrogens with zero attached hydrogens (tertiary/aromatic N) is 1. The molecule has 1 aliphatic rings. The zero-order valence-corrected chi connectivity index (χ0v) is 9.87. The van der Waals surface area contributed by atoms with Gasteiger partial charge in [-0.3, -0.25) is 0 Å². The van der Waals surface area contributed by atoms with Crippen LogP contribution < -0.4 is 0 Å². The summed E-state index contributed by atoms with van der Waals surface area (Å²) < 4.78 is 18.2. The number of ether oxygens (including phenoxy) is 1. The molecule has 17 heavy (non-hydrogen) atoms. The lowest BCUT2D eigenvalue weighted by molar-refractivity contribution is 0.0691. The van der Waals surface area contributed by atoms with E-state index >= 15 is 0 Å². The summed E-state index contributed by atoms with van der Waals surface area (Å²) in [4.78, 5) is 14.8. The highest BCUT2D eigenvalue weighted by Crippen LogP contribution is 2.30. The van der Waals surface area contributed by atoms with Crippen LogP contribution in [0.5, 0.6) is 0 Å². The van der Waals surface area contributed by atoms with Gasteiger partial charge in [-0.15, -0.1) is 11.8 Å². The molecule has 1 aliphatic heterocycles. The van der Waals surface area contributed by atoms with E-state index in [1.165, 1.54) is 11.8 Å². The van der Waals surface area contributed by atoms with Crippen LogP contribution in [0.2, 0.25) is 0 Å². The molecule has 1 aromatic heterocycles. The fourth-order valence-electron chi connectivity index (χ4n) is 1.63. The maximum atomic E-state index is 12.9. The fraction of sp³-hybridized carbons (Fsp3) is 0.455. The minimum atomic E-state index is -1.15. The zero-order chi connectivity index (χ0) is 12.3. The fourth-order valence-corrected chi connectivity index (χ4v) is 2.76. The van der Waals surface area contributed by atoms with Crippen LogP contribution in [0.4, 0.5) is 4.39 Å². The summed E-state index contributed by atoms with van der Waals surface area (Å²) in [6.07, 6.45) is 2.78. The van der Waals surface area contributed by atoms with Crippen molar-refractivity contribution in [3.8, 4) is 0 Å². The molecule has 0 radical (unpaired) electrons. The Labute approximate surface area is 102 Å². The van der Waals surface area contributed by atoms with Crippen molar-refractivity contribution in [1.82, 2.24) is 4.98 Å². The molecule has 1 fully saturated rings. The van der Waals surface area contributed by atoms with Gasteiger partial charge in [0.2, 0.25) is 0 Å². The molecule has 1 aromatic rings. The summed E-state index contributed by atoms with van der Waals surface area (Å²) in [5.74, 6) is -1.77. The summed E-state index contributed by atoms with van der Waals surface area (Å²) >= 11 is 1.39. The van der Waals surface area contributed by atoms with Crippen molar-refractivity contribution < 1.29 is 19.0 Å². The molecule has 0 atom stereocenters. The van der Waals surface area contributed by atoms with Crippen LogP contribution >= 0.6 is 11.8 Å². The minimum absolute atomic E-state index is 0.0681. The molecule has 0 aromatic carbocycles. The van der Waals surface area contributed by atoms with Gasteiger partial charge in [0.25, 0.3) is 0 Å². The lowest BCUT2D eigenvalue weighted by Crippen LogP contribution is -2.18. The summed E-state index contributed by atoms with van der Waals surface area (Å²) in [7, 11) is 0. The van der Waals surface area contributed by atoms with Crippen molar-refractivity contribution in [2.75, 3.05) is 13.2 Å². The number of carbonyl (C=O) groups is 1. The van der Waals surface area contributed by atoms with Gasteiger partial charge >= 0.3 is 5.97 Å². The van der Waals surface area contributed by atoms with Crippen LogP contribution in [0.15, 0.2) is 17.3 Å². The average Bonchev–Trinajstić information content (AvgIpc) is 2.32.